The number of nitrogens with zero attached hydrogens (tertiary/aromatic N) is 1. The molecule has 0 fully saturated rings. The minimum atomic E-state index is -0.172. The maximum Gasteiger partial charge on any atom is 0.255 e. The average Bonchev–Trinajstić information content (AvgIpc) is 3.12. The minimum absolute atomic E-state index is 0.172. The van der Waals surface area contributed by atoms with E-state index >= 15 is 0 Å². The first-order valence-electron chi connectivity index (χ1n) is 8.99. The number of nitrogens with one attached hydrogen (secondary N) is 2. The number of benzene rings is 3. The van der Waals surface area contributed by atoms with Crippen molar-refractivity contribution in [2.45, 2.75) is 6.92 Å². The average molecular weight is 368 g/mol. The van der Waals surface area contributed by atoms with E-state index in [0.717, 1.165) is 33.4 Å². The number of aryl methyl sites for hydroxylation is 1. The second-order valence-corrected chi connectivity index (χ2v) is 6.60. The Bertz CT molecular complexity index is 1190. The predicted octanol–water partition coefficient (Wildman–Crippen LogP) is 4.88. The lowest BCUT2D eigenvalue weighted by Gasteiger charge is -2.09. The van der Waals surface area contributed by atoms with Crippen LogP contribution in [0.25, 0.3) is 23.1 Å². The lowest BCUT2D eigenvalue weighted by molar-refractivity contribution is 0.102. The number of nitrogen functional groups attached to an aromatic ring is 1. The number of aromatic amines is 1. The highest BCUT2D eigenvalue weighted by molar-refractivity contribution is 6.06. The van der Waals surface area contributed by atoms with Crippen LogP contribution in [0.1, 0.15) is 27.2 Å². The van der Waals surface area contributed by atoms with Crippen molar-refractivity contribution in [1.82, 2.24) is 10.2 Å². The van der Waals surface area contributed by atoms with Crippen molar-refractivity contribution in [2.24, 2.45) is 0 Å². The first-order chi connectivity index (χ1) is 13.6. The van der Waals surface area contributed by atoms with E-state index in [1.807, 2.05) is 67.6 Å². The Balaban J connectivity index is 1.60. The molecular formula is C23H20N4O. The number of amides is 1. The van der Waals surface area contributed by atoms with Gasteiger partial charge in [0, 0.05) is 22.3 Å². The zero-order chi connectivity index (χ0) is 19.5. The van der Waals surface area contributed by atoms with Gasteiger partial charge in [0.25, 0.3) is 5.91 Å². The number of hydrogen-bond donors (Lipinski definition) is 3. The number of aromatic nitrogens is 2. The van der Waals surface area contributed by atoms with Crippen molar-refractivity contribution >= 4 is 40.3 Å². The molecule has 3 aromatic carbocycles. The van der Waals surface area contributed by atoms with Gasteiger partial charge in [-0.1, -0.05) is 42.5 Å². The van der Waals surface area contributed by atoms with Crippen LogP contribution in [0, 0.1) is 6.92 Å². The van der Waals surface area contributed by atoms with Crippen LogP contribution < -0.4 is 11.1 Å². The third-order valence-corrected chi connectivity index (χ3v) is 4.66. The number of anilines is 2. The van der Waals surface area contributed by atoms with Crippen LogP contribution in [0.5, 0.6) is 0 Å². The molecule has 0 aliphatic carbocycles. The fourth-order valence-electron chi connectivity index (χ4n) is 3.05. The Labute approximate surface area is 162 Å². The van der Waals surface area contributed by atoms with E-state index in [0.29, 0.717) is 11.3 Å². The van der Waals surface area contributed by atoms with Gasteiger partial charge in [0.2, 0.25) is 0 Å². The molecule has 4 rings (SSSR count). The third kappa shape index (κ3) is 3.50. The first kappa shape index (κ1) is 17.5. The molecule has 5 heteroatoms. The fraction of sp³-hybridized carbons (Fsp3) is 0.0435. The van der Waals surface area contributed by atoms with Crippen LogP contribution in [0.4, 0.5) is 11.4 Å². The largest absolute Gasteiger partial charge is 0.399 e. The second kappa shape index (κ2) is 7.40. The summed E-state index contributed by atoms with van der Waals surface area (Å²) in [4.78, 5) is 12.6. The van der Waals surface area contributed by atoms with E-state index in [4.69, 9.17) is 5.73 Å². The Morgan fingerprint density at radius 3 is 2.68 bits per heavy atom. The number of carbonyl (C=O) groups excluding carboxylic acids is 1. The van der Waals surface area contributed by atoms with Crippen LogP contribution in [0.15, 0.2) is 66.7 Å². The summed E-state index contributed by atoms with van der Waals surface area (Å²) in [6.45, 7) is 1.89. The van der Waals surface area contributed by atoms with Gasteiger partial charge in [-0.15, -0.1) is 0 Å². The smallest absolute Gasteiger partial charge is 0.255 e. The van der Waals surface area contributed by atoms with E-state index in [1.54, 1.807) is 18.2 Å². The van der Waals surface area contributed by atoms with E-state index in [1.165, 1.54) is 0 Å². The van der Waals surface area contributed by atoms with Crippen molar-refractivity contribution < 1.29 is 4.79 Å². The van der Waals surface area contributed by atoms with Crippen LogP contribution >= 0.6 is 0 Å². The van der Waals surface area contributed by atoms with Gasteiger partial charge in [0.05, 0.1) is 11.2 Å². The van der Waals surface area contributed by atoms with E-state index in [9.17, 15) is 4.79 Å². The lowest BCUT2D eigenvalue weighted by Crippen LogP contribution is -2.13. The predicted molar refractivity (Wildman–Crippen MR) is 115 cm³/mol. The van der Waals surface area contributed by atoms with Gasteiger partial charge < -0.3 is 11.1 Å². The third-order valence-electron chi connectivity index (χ3n) is 4.66. The van der Waals surface area contributed by atoms with Crippen molar-refractivity contribution in [3.05, 3.63) is 89.1 Å². The molecule has 4 N–H and O–H groups in total. The maximum absolute atomic E-state index is 12.6. The first-order valence-corrected chi connectivity index (χ1v) is 8.99. The molecule has 0 saturated carbocycles. The summed E-state index contributed by atoms with van der Waals surface area (Å²) in [6, 6.07) is 20.9. The van der Waals surface area contributed by atoms with Gasteiger partial charge in [-0.25, -0.2) is 0 Å². The highest BCUT2D eigenvalue weighted by Crippen LogP contribution is 2.22. The molecule has 0 spiro atoms. The van der Waals surface area contributed by atoms with E-state index in [2.05, 4.69) is 15.5 Å². The number of rotatable bonds is 4. The number of H-pyrrole nitrogens is 1. The summed E-state index contributed by atoms with van der Waals surface area (Å²) in [5.41, 5.74) is 11.4. The van der Waals surface area contributed by atoms with Crippen molar-refractivity contribution in [1.29, 1.82) is 0 Å². The summed E-state index contributed by atoms with van der Waals surface area (Å²) < 4.78 is 0. The summed E-state index contributed by atoms with van der Waals surface area (Å²) in [6.07, 6.45) is 3.89. The van der Waals surface area contributed by atoms with Gasteiger partial charge in [-0.05, 0) is 54.5 Å². The zero-order valence-corrected chi connectivity index (χ0v) is 15.4. The lowest BCUT2D eigenvalue weighted by atomic mass is 10.1. The quantitative estimate of drug-likeness (QED) is 0.449. The van der Waals surface area contributed by atoms with Gasteiger partial charge in [-0.2, -0.15) is 5.10 Å². The highest BCUT2D eigenvalue weighted by Gasteiger charge is 2.09. The molecule has 0 saturated heterocycles. The Morgan fingerprint density at radius 1 is 1.04 bits per heavy atom. The number of fused-ring (bicyclic) bond motifs is 1. The van der Waals surface area contributed by atoms with Gasteiger partial charge >= 0.3 is 0 Å². The molecule has 1 amide bonds. The summed E-state index contributed by atoms with van der Waals surface area (Å²) in [5, 5.41) is 11.4. The van der Waals surface area contributed by atoms with Crippen LogP contribution in [0.3, 0.4) is 0 Å². The maximum atomic E-state index is 12.6. The number of para-hydroxylation sites is 2. The van der Waals surface area contributed by atoms with Crippen LogP contribution in [-0.4, -0.2) is 16.1 Å². The standard InChI is InChI=1S/C23H20N4O/c1-15-14-17(10-12-19(15)24)23(28)25-20-8-4-2-6-16(20)11-13-22-18-7-3-5-9-21(18)26-27-22/h2-14H,24H2,1H3,(H,25,28)(H,26,27)/b13-11+. The molecule has 138 valence electrons. The minimum Gasteiger partial charge on any atom is -0.399 e. The Hall–Kier alpha value is -3.86. The number of hydrogen-bond acceptors (Lipinski definition) is 3. The molecule has 1 heterocycles. The van der Waals surface area contributed by atoms with Crippen LogP contribution in [0.2, 0.25) is 0 Å². The SMILES string of the molecule is Cc1cc(C(=O)Nc2ccccc2/C=C/c2n[nH]c3ccccc23)ccc1N. The molecule has 5 nitrogen and oxygen atoms in total. The molecule has 0 aliphatic rings. The van der Waals surface area contributed by atoms with Gasteiger partial charge in [0.15, 0.2) is 0 Å². The summed E-state index contributed by atoms with van der Waals surface area (Å²) in [5.74, 6) is -0.172. The van der Waals surface area contributed by atoms with Crippen molar-refractivity contribution in [3.8, 4) is 0 Å². The summed E-state index contributed by atoms with van der Waals surface area (Å²) in [7, 11) is 0. The number of carbonyl (C=O) groups is 1. The molecule has 0 bridgehead atoms. The molecule has 28 heavy (non-hydrogen) atoms. The highest BCUT2D eigenvalue weighted by atomic mass is 16.1. The monoisotopic (exact) mass is 368 g/mol. The van der Waals surface area contributed by atoms with Crippen LogP contribution in [-0.2, 0) is 0 Å². The van der Waals surface area contributed by atoms with Crippen molar-refractivity contribution in [2.75, 3.05) is 11.1 Å². The molecule has 4 aromatic rings. The zero-order valence-electron chi connectivity index (χ0n) is 15.4. The normalized spacial score (nSPS) is 11.2. The molecule has 0 radical (unpaired) electrons. The Morgan fingerprint density at radius 2 is 1.82 bits per heavy atom. The molecule has 1 aromatic heterocycles. The van der Waals surface area contributed by atoms with Crippen molar-refractivity contribution in [3.63, 3.8) is 0 Å². The second-order valence-electron chi connectivity index (χ2n) is 6.60. The molecule has 0 unspecified atom stereocenters. The number of nitrogens with two attached hydrogens (primary N) is 1. The molecule has 0 atom stereocenters. The Kier molecular flexibility index (Phi) is 4.64. The molecule has 0 aliphatic heterocycles. The summed E-state index contributed by atoms with van der Waals surface area (Å²) >= 11 is 0. The molecular weight excluding hydrogens is 348 g/mol. The van der Waals surface area contributed by atoms with Gasteiger partial charge in [-0.3, -0.25) is 9.89 Å². The van der Waals surface area contributed by atoms with E-state index < -0.39 is 0 Å². The fourth-order valence-corrected chi connectivity index (χ4v) is 3.05. The topological polar surface area (TPSA) is 83.8 Å². The van der Waals surface area contributed by atoms with Gasteiger partial charge in [0.1, 0.15) is 0 Å². The van der Waals surface area contributed by atoms with E-state index in [-0.39, 0.29) is 5.91 Å².